The molecule has 0 amide bonds. The molecule has 0 saturated carbocycles. The van der Waals surface area contributed by atoms with Gasteiger partial charge in [-0.15, -0.1) is 0 Å². The molecule has 0 aliphatic carbocycles. The Morgan fingerprint density at radius 3 is 1.61 bits per heavy atom. The molecule has 0 aliphatic rings. The van der Waals surface area contributed by atoms with E-state index in [-0.39, 0.29) is 0 Å². The van der Waals surface area contributed by atoms with E-state index in [4.69, 9.17) is 0 Å². The Kier molecular flexibility index (Phi) is 5.69. The SMILES string of the molecule is C/C(=C/P(c1ccccc1)c1ccccc1)Sc1ccccc1. The van der Waals surface area contributed by atoms with Crippen molar-refractivity contribution in [1.29, 1.82) is 0 Å². The van der Waals surface area contributed by atoms with Gasteiger partial charge in [-0.25, -0.2) is 0 Å². The molecule has 0 nitrogen and oxygen atoms in total. The molecular formula is C21H19PS. The zero-order chi connectivity index (χ0) is 15.9. The Hall–Kier alpha value is -1.82. The molecule has 23 heavy (non-hydrogen) atoms. The van der Waals surface area contributed by atoms with Crippen molar-refractivity contribution in [3.8, 4) is 0 Å². The van der Waals surface area contributed by atoms with Crippen LogP contribution in [0.4, 0.5) is 0 Å². The van der Waals surface area contributed by atoms with Gasteiger partial charge in [0.2, 0.25) is 0 Å². The molecule has 0 radical (unpaired) electrons. The van der Waals surface area contributed by atoms with Gasteiger partial charge in [-0.05, 0) is 48.3 Å². The third-order valence-corrected chi connectivity index (χ3v) is 6.88. The number of hydrogen-bond acceptors (Lipinski definition) is 1. The summed E-state index contributed by atoms with van der Waals surface area (Å²) < 4.78 is 0. The molecule has 0 aliphatic heterocycles. The molecule has 0 spiro atoms. The molecule has 0 atom stereocenters. The van der Waals surface area contributed by atoms with Gasteiger partial charge >= 0.3 is 0 Å². The molecule has 0 heterocycles. The lowest BCUT2D eigenvalue weighted by Crippen LogP contribution is -2.09. The maximum atomic E-state index is 2.43. The number of benzene rings is 3. The summed E-state index contributed by atoms with van der Waals surface area (Å²) in [4.78, 5) is 2.63. The van der Waals surface area contributed by atoms with Crippen LogP contribution in [-0.4, -0.2) is 0 Å². The topological polar surface area (TPSA) is 0 Å². The number of thioether (sulfide) groups is 1. The van der Waals surface area contributed by atoms with Gasteiger partial charge in [-0.1, -0.05) is 90.6 Å². The number of hydrogen-bond donors (Lipinski definition) is 0. The molecule has 114 valence electrons. The zero-order valence-corrected chi connectivity index (χ0v) is 14.8. The Labute approximate surface area is 144 Å². The van der Waals surface area contributed by atoms with E-state index >= 15 is 0 Å². The molecule has 3 rings (SSSR count). The zero-order valence-electron chi connectivity index (χ0n) is 13.1. The minimum atomic E-state index is -0.469. The standard InChI is InChI=1S/C21H19PS/c1-18(23-21-15-9-4-10-16-21)17-22(19-11-5-2-6-12-19)20-13-7-3-8-14-20/h2-17H,1H3/b18-17-. The van der Waals surface area contributed by atoms with Crippen LogP contribution in [0.1, 0.15) is 6.92 Å². The first-order chi connectivity index (χ1) is 11.3. The second kappa shape index (κ2) is 8.15. The second-order valence-corrected chi connectivity index (χ2v) is 8.55. The van der Waals surface area contributed by atoms with E-state index in [0.717, 1.165) is 0 Å². The summed E-state index contributed by atoms with van der Waals surface area (Å²) in [6.45, 7) is 2.21. The fraction of sp³-hybridized carbons (Fsp3) is 0.0476. The Bertz CT molecular complexity index is 712. The van der Waals surface area contributed by atoms with Crippen LogP contribution in [0, 0.1) is 0 Å². The lowest BCUT2D eigenvalue weighted by Gasteiger charge is -2.16. The minimum Gasteiger partial charge on any atom is -0.0948 e. The first-order valence-electron chi connectivity index (χ1n) is 7.63. The molecule has 0 saturated heterocycles. The van der Waals surface area contributed by atoms with Gasteiger partial charge in [0.05, 0.1) is 0 Å². The Balaban J connectivity index is 1.91. The first-order valence-corrected chi connectivity index (χ1v) is 9.86. The van der Waals surface area contributed by atoms with Crippen molar-refractivity contribution in [2.24, 2.45) is 0 Å². The van der Waals surface area contributed by atoms with Gasteiger partial charge in [0.15, 0.2) is 0 Å². The molecule has 0 N–H and O–H groups in total. The van der Waals surface area contributed by atoms with E-state index in [1.807, 2.05) is 11.8 Å². The summed E-state index contributed by atoms with van der Waals surface area (Å²) in [5.74, 6) is 2.43. The van der Waals surface area contributed by atoms with Crippen LogP contribution in [0.25, 0.3) is 0 Å². The third-order valence-electron chi connectivity index (χ3n) is 3.40. The normalized spacial score (nSPS) is 11.7. The molecular weight excluding hydrogens is 315 g/mol. The molecule has 0 bridgehead atoms. The highest BCUT2D eigenvalue weighted by atomic mass is 32.2. The van der Waals surface area contributed by atoms with Gasteiger partial charge in [0, 0.05) is 4.90 Å². The highest BCUT2D eigenvalue weighted by Gasteiger charge is 2.11. The van der Waals surface area contributed by atoms with Crippen molar-refractivity contribution in [3.05, 3.63) is 102 Å². The van der Waals surface area contributed by atoms with Crippen LogP contribution in [0.15, 0.2) is 107 Å². The lowest BCUT2D eigenvalue weighted by atomic mass is 10.4. The molecule has 0 unspecified atom stereocenters. The monoisotopic (exact) mass is 334 g/mol. The fourth-order valence-electron chi connectivity index (χ4n) is 2.36. The minimum absolute atomic E-state index is 0.469. The van der Waals surface area contributed by atoms with E-state index in [1.54, 1.807) is 0 Å². The third kappa shape index (κ3) is 4.58. The van der Waals surface area contributed by atoms with E-state index in [0.29, 0.717) is 0 Å². The molecule has 0 aromatic heterocycles. The highest BCUT2D eigenvalue weighted by Crippen LogP contribution is 2.40. The van der Waals surface area contributed by atoms with Gasteiger partial charge in [-0.3, -0.25) is 0 Å². The van der Waals surface area contributed by atoms with E-state index in [1.165, 1.54) is 20.4 Å². The largest absolute Gasteiger partial charge is 0.0948 e. The maximum absolute atomic E-state index is 2.43. The lowest BCUT2D eigenvalue weighted by molar-refractivity contribution is 1.46. The van der Waals surface area contributed by atoms with Crippen LogP contribution in [0.5, 0.6) is 0 Å². The van der Waals surface area contributed by atoms with Crippen molar-refractivity contribution in [3.63, 3.8) is 0 Å². The molecule has 3 aromatic carbocycles. The van der Waals surface area contributed by atoms with Gasteiger partial charge in [0.1, 0.15) is 0 Å². The maximum Gasteiger partial charge on any atom is 0.0118 e. The molecule has 0 fully saturated rings. The summed E-state index contributed by atoms with van der Waals surface area (Å²) in [5, 5.41) is 2.78. The first kappa shape index (κ1) is 16.1. The van der Waals surface area contributed by atoms with Crippen LogP contribution >= 0.6 is 19.7 Å². The summed E-state index contributed by atoms with van der Waals surface area (Å²) >= 11 is 1.84. The van der Waals surface area contributed by atoms with Crippen molar-refractivity contribution in [1.82, 2.24) is 0 Å². The second-order valence-electron chi connectivity index (χ2n) is 5.20. The molecule has 2 heteroatoms. The van der Waals surface area contributed by atoms with Gasteiger partial charge < -0.3 is 0 Å². The predicted molar refractivity (Wildman–Crippen MR) is 105 cm³/mol. The Morgan fingerprint density at radius 2 is 1.13 bits per heavy atom. The van der Waals surface area contributed by atoms with E-state index in [9.17, 15) is 0 Å². The van der Waals surface area contributed by atoms with Crippen LogP contribution < -0.4 is 10.6 Å². The average Bonchev–Trinajstić information content (AvgIpc) is 2.62. The fourth-order valence-corrected chi connectivity index (χ4v) is 5.50. The van der Waals surface area contributed by atoms with Crippen LogP contribution in [-0.2, 0) is 0 Å². The Morgan fingerprint density at radius 1 is 0.696 bits per heavy atom. The van der Waals surface area contributed by atoms with E-state index in [2.05, 4.69) is 104 Å². The van der Waals surface area contributed by atoms with Crippen molar-refractivity contribution in [2.75, 3.05) is 0 Å². The van der Waals surface area contributed by atoms with Crippen molar-refractivity contribution in [2.45, 2.75) is 11.8 Å². The summed E-state index contributed by atoms with van der Waals surface area (Å²) in [7, 11) is -0.469. The van der Waals surface area contributed by atoms with Crippen molar-refractivity contribution >= 4 is 30.3 Å². The predicted octanol–water partition coefficient (Wildman–Crippen LogP) is 5.77. The summed E-state index contributed by atoms with van der Waals surface area (Å²) in [6, 6.07) is 32.2. The quantitative estimate of drug-likeness (QED) is 0.421. The summed E-state index contributed by atoms with van der Waals surface area (Å²) in [6.07, 6.45) is 0. The van der Waals surface area contributed by atoms with Crippen LogP contribution in [0.3, 0.4) is 0 Å². The van der Waals surface area contributed by atoms with Gasteiger partial charge in [0.25, 0.3) is 0 Å². The van der Waals surface area contributed by atoms with Gasteiger partial charge in [-0.2, -0.15) is 0 Å². The number of rotatable bonds is 5. The van der Waals surface area contributed by atoms with Crippen LogP contribution in [0.2, 0.25) is 0 Å². The smallest absolute Gasteiger partial charge is 0.0118 e. The highest BCUT2D eigenvalue weighted by molar-refractivity contribution is 8.03. The van der Waals surface area contributed by atoms with Crippen molar-refractivity contribution < 1.29 is 0 Å². The summed E-state index contributed by atoms with van der Waals surface area (Å²) in [5.41, 5.74) is 0. The number of allylic oxidation sites excluding steroid dienone is 1. The molecule has 3 aromatic rings. The average molecular weight is 334 g/mol. The van der Waals surface area contributed by atoms with E-state index < -0.39 is 7.92 Å².